The standard InChI is InChI=1S/C22H23NO4/c1-27-17-11-7-16(8-12-17)10-14-19(24)20-21(25)18(23-22(20)26)13-9-15-5-3-2-4-6-15/h2-8,11-12,18,25H,9-10,13-14H2,1H3,(H,23,26). The lowest BCUT2D eigenvalue weighted by atomic mass is 10.00. The van der Waals surface area contributed by atoms with Crippen LogP contribution in [-0.2, 0) is 22.4 Å². The molecule has 0 aliphatic carbocycles. The van der Waals surface area contributed by atoms with Gasteiger partial charge in [0, 0.05) is 6.42 Å². The van der Waals surface area contributed by atoms with Gasteiger partial charge < -0.3 is 15.2 Å². The summed E-state index contributed by atoms with van der Waals surface area (Å²) in [5, 5.41) is 13.1. The molecule has 0 radical (unpaired) electrons. The summed E-state index contributed by atoms with van der Waals surface area (Å²) in [6.45, 7) is 0. The summed E-state index contributed by atoms with van der Waals surface area (Å²) in [5.41, 5.74) is 2.00. The zero-order valence-corrected chi connectivity index (χ0v) is 15.3. The highest BCUT2D eigenvalue weighted by Gasteiger charge is 2.35. The average molecular weight is 365 g/mol. The second-order valence-electron chi connectivity index (χ2n) is 6.58. The molecule has 27 heavy (non-hydrogen) atoms. The number of rotatable bonds is 8. The second-order valence-corrected chi connectivity index (χ2v) is 6.58. The number of hydrogen-bond acceptors (Lipinski definition) is 4. The molecule has 1 aliphatic heterocycles. The van der Waals surface area contributed by atoms with Crippen molar-refractivity contribution in [1.29, 1.82) is 0 Å². The smallest absolute Gasteiger partial charge is 0.259 e. The van der Waals surface area contributed by atoms with Crippen LogP contribution < -0.4 is 10.1 Å². The zero-order valence-electron chi connectivity index (χ0n) is 15.3. The van der Waals surface area contributed by atoms with Gasteiger partial charge in [-0.3, -0.25) is 9.59 Å². The molecule has 140 valence electrons. The molecular formula is C22H23NO4. The van der Waals surface area contributed by atoms with Gasteiger partial charge >= 0.3 is 0 Å². The minimum Gasteiger partial charge on any atom is -0.509 e. The van der Waals surface area contributed by atoms with Gasteiger partial charge in [0.2, 0.25) is 0 Å². The lowest BCUT2D eigenvalue weighted by Crippen LogP contribution is -2.30. The van der Waals surface area contributed by atoms with Gasteiger partial charge in [-0.1, -0.05) is 42.5 Å². The number of Topliss-reactive ketones (excluding diaryl/α,β-unsaturated/α-hetero) is 1. The Balaban J connectivity index is 1.60. The number of aliphatic hydroxyl groups excluding tert-OH is 1. The third-order valence-electron chi connectivity index (χ3n) is 4.76. The van der Waals surface area contributed by atoms with Crippen LogP contribution in [0.25, 0.3) is 0 Å². The van der Waals surface area contributed by atoms with Crippen molar-refractivity contribution < 1.29 is 19.4 Å². The van der Waals surface area contributed by atoms with Crippen molar-refractivity contribution in [3.8, 4) is 5.75 Å². The number of ether oxygens (including phenoxy) is 1. The minimum absolute atomic E-state index is 0.0958. The molecule has 1 unspecified atom stereocenters. The van der Waals surface area contributed by atoms with Crippen molar-refractivity contribution in [2.24, 2.45) is 0 Å². The molecule has 0 saturated carbocycles. The van der Waals surface area contributed by atoms with E-state index in [1.165, 1.54) is 0 Å². The van der Waals surface area contributed by atoms with Crippen molar-refractivity contribution >= 4 is 11.7 Å². The van der Waals surface area contributed by atoms with Crippen LogP contribution in [0.1, 0.15) is 24.0 Å². The van der Waals surface area contributed by atoms with Crippen LogP contribution in [0.5, 0.6) is 5.75 Å². The molecule has 0 fully saturated rings. The van der Waals surface area contributed by atoms with Gasteiger partial charge in [0.15, 0.2) is 5.78 Å². The molecule has 0 aromatic heterocycles. The van der Waals surface area contributed by atoms with E-state index in [1.54, 1.807) is 7.11 Å². The molecule has 0 saturated heterocycles. The highest BCUT2D eigenvalue weighted by Crippen LogP contribution is 2.22. The predicted molar refractivity (Wildman–Crippen MR) is 103 cm³/mol. The van der Waals surface area contributed by atoms with Crippen LogP contribution in [0.15, 0.2) is 65.9 Å². The molecule has 2 aromatic rings. The summed E-state index contributed by atoms with van der Waals surface area (Å²) < 4.78 is 5.11. The first kappa shape index (κ1) is 18.7. The molecule has 1 heterocycles. The normalized spacial score (nSPS) is 16.3. The number of aryl methyl sites for hydroxylation is 2. The summed E-state index contributed by atoms with van der Waals surface area (Å²) in [5.74, 6) is -0.189. The topological polar surface area (TPSA) is 75.6 Å². The fourth-order valence-electron chi connectivity index (χ4n) is 3.20. The first-order valence-corrected chi connectivity index (χ1v) is 9.02. The molecule has 5 nitrogen and oxygen atoms in total. The lowest BCUT2D eigenvalue weighted by Gasteiger charge is -2.10. The second kappa shape index (κ2) is 8.54. The van der Waals surface area contributed by atoms with Crippen molar-refractivity contribution in [1.82, 2.24) is 5.32 Å². The third-order valence-corrected chi connectivity index (χ3v) is 4.76. The summed E-state index contributed by atoms with van der Waals surface area (Å²) in [7, 11) is 1.60. The molecule has 2 aromatic carbocycles. The molecule has 1 amide bonds. The molecular weight excluding hydrogens is 342 g/mol. The van der Waals surface area contributed by atoms with Gasteiger partial charge in [0.05, 0.1) is 13.2 Å². The Morgan fingerprint density at radius 2 is 1.70 bits per heavy atom. The largest absolute Gasteiger partial charge is 0.509 e. The summed E-state index contributed by atoms with van der Waals surface area (Å²) in [6.07, 6.45) is 1.94. The Labute approximate surface area is 158 Å². The zero-order chi connectivity index (χ0) is 19.2. The Morgan fingerprint density at radius 3 is 2.37 bits per heavy atom. The predicted octanol–water partition coefficient (Wildman–Crippen LogP) is 3.14. The number of aliphatic hydroxyl groups is 1. The molecule has 1 aliphatic rings. The van der Waals surface area contributed by atoms with Gasteiger partial charge in [0.1, 0.15) is 17.1 Å². The van der Waals surface area contributed by atoms with Gasteiger partial charge in [0.25, 0.3) is 5.91 Å². The van der Waals surface area contributed by atoms with Gasteiger partial charge in [-0.25, -0.2) is 0 Å². The van der Waals surface area contributed by atoms with Gasteiger partial charge in [-0.2, -0.15) is 0 Å². The number of hydrogen-bond donors (Lipinski definition) is 2. The fourth-order valence-corrected chi connectivity index (χ4v) is 3.20. The van der Waals surface area contributed by atoms with Crippen LogP contribution >= 0.6 is 0 Å². The van der Waals surface area contributed by atoms with E-state index >= 15 is 0 Å². The summed E-state index contributed by atoms with van der Waals surface area (Å²) >= 11 is 0. The van der Waals surface area contributed by atoms with E-state index in [0.717, 1.165) is 16.9 Å². The van der Waals surface area contributed by atoms with Gasteiger partial charge in [-0.05, 0) is 42.5 Å². The highest BCUT2D eigenvalue weighted by atomic mass is 16.5. The number of methoxy groups -OCH3 is 1. The van der Waals surface area contributed by atoms with E-state index in [2.05, 4.69) is 5.32 Å². The van der Waals surface area contributed by atoms with Crippen molar-refractivity contribution in [3.05, 3.63) is 77.1 Å². The highest BCUT2D eigenvalue weighted by molar-refractivity contribution is 6.21. The number of ketones is 1. The van der Waals surface area contributed by atoms with E-state index < -0.39 is 11.9 Å². The Bertz CT molecular complexity index is 840. The molecule has 0 spiro atoms. The van der Waals surface area contributed by atoms with Crippen LogP contribution in [0.4, 0.5) is 0 Å². The maximum Gasteiger partial charge on any atom is 0.259 e. The van der Waals surface area contributed by atoms with E-state index in [9.17, 15) is 14.7 Å². The number of carbonyl (C=O) groups is 2. The third kappa shape index (κ3) is 4.56. The summed E-state index contributed by atoms with van der Waals surface area (Å²) in [6, 6.07) is 16.8. The minimum atomic E-state index is -0.502. The van der Waals surface area contributed by atoms with Gasteiger partial charge in [-0.15, -0.1) is 0 Å². The quantitative estimate of drug-likeness (QED) is 0.705. The maximum atomic E-state index is 12.5. The van der Waals surface area contributed by atoms with Crippen molar-refractivity contribution in [2.75, 3.05) is 7.11 Å². The van der Waals surface area contributed by atoms with Crippen LogP contribution in [0.2, 0.25) is 0 Å². The first-order chi connectivity index (χ1) is 13.1. The Kier molecular flexibility index (Phi) is 5.91. The number of carbonyl (C=O) groups excluding carboxylic acids is 2. The molecule has 5 heteroatoms. The van der Waals surface area contributed by atoms with Crippen molar-refractivity contribution in [2.45, 2.75) is 31.7 Å². The molecule has 3 rings (SSSR count). The van der Waals surface area contributed by atoms with Crippen LogP contribution in [-0.4, -0.2) is 29.9 Å². The monoisotopic (exact) mass is 365 g/mol. The number of benzene rings is 2. The molecule has 0 bridgehead atoms. The maximum absolute atomic E-state index is 12.5. The number of amides is 1. The molecule has 1 atom stereocenters. The summed E-state index contributed by atoms with van der Waals surface area (Å²) in [4.78, 5) is 24.7. The van der Waals surface area contributed by atoms with Crippen LogP contribution in [0, 0.1) is 0 Å². The fraction of sp³-hybridized carbons (Fsp3) is 0.273. The first-order valence-electron chi connectivity index (χ1n) is 9.02. The average Bonchev–Trinajstić information content (AvgIpc) is 2.99. The lowest BCUT2D eigenvalue weighted by molar-refractivity contribution is -0.122. The number of nitrogens with one attached hydrogen (secondary N) is 1. The Hall–Kier alpha value is -3.08. The van der Waals surface area contributed by atoms with E-state index in [1.807, 2.05) is 54.6 Å². The molecule has 2 N–H and O–H groups in total. The Morgan fingerprint density at radius 1 is 1.04 bits per heavy atom. The van der Waals surface area contributed by atoms with E-state index in [0.29, 0.717) is 19.3 Å². The van der Waals surface area contributed by atoms with Crippen molar-refractivity contribution in [3.63, 3.8) is 0 Å². The van der Waals surface area contributed by atoms with Crippen LogP contribution in [0.3, 0.4) is 0 Å². The van der Waals surface area contributed by atoms with E-state index in [4.69, 9.17) is 4.74 Å². The SMILES string of the molecule is COc1ccc(CCC(=O)C2=C(O)C(CCc3ccccc3)NC2=O)cc1. The van der Waals surface area contributed by atoms with E-state index in [-0.39, 0.29) is 23.5 Å².